The Kier molecular flexibility index (Phi) is 11.6. The van der Waals surface area contributed by atoms with E-state index in [1.54, 1.807) is 26.4 Å². The van der Waals surface area contributed by atoms with Gasteiger partial charge < -0.3 is 29.4 Å². The summed E-state index contributed by atoms with van der Waals surface area (Å²) < 4.78 is 23.7. The standard InChI is InChI=1S/C39H40N2O6/c1-44-34-19-13-31(14-20-34)39(30-9-5-3-6-10-30,32-15-21-35(45-2)22-16-32)46-28-26-41(25-27-42)29-38(43)40-33-17-23-37(24-18-33)47-36-11-7-4-8-12-36/h3-24,42H,25-29H2,1-2H3,(H,40,43). The number of para-hydroxylation sites is 1. The normalized spacial score (nSPS) is 11.2. The molecule has 0 aromatic heterocycles. The van der Waals surface area contributed by atoms with Gasteiger partial charge in [-0.15, -0.1) is 0 Å². The van der Waals surface area contributed by atoms with E-state index in [2.05, 4.69) is 5.32 Å². The van der Waals surface area contributed by atoms with Gasteiger partial charge in [-0.1, -0.05) is 72.8 Å². The van der Waals surface area contributed by atoms with Crippen molar-refractivity contribution in [2.75, 3.05) is 52.4 Å². The number of amides is 1. The number of aliphatic hydroxyl groups excluding tert-OH is 1. The summed E-state index contributed by atoms with van der Waals surface area (Å²) in [6, 6.07) is 42.5. The summed E-state index contributed by atoms with van der Waals surface area (Å²) in [4.78, 5) is 15.0. The second kappa shape index (κ2) is 16.4. The first-order chi connectivity index (χ1) is 23.0. The number of rotatable bonds is 16. The molecule has 0 heterocycles. The van der Waals surface area contributed by atoms with Gasteiger partial charge in [-0.2, -0.15) is 0 Å². The topological polar surface area (TPSA) is 89.5 Å². The molecule has 0 unspecified atom stereocenters. The van der Waals surface area contributed by atoms with Crippen molar-refractivity contribution < 1.29 is 28.8 Å². The zero-order chi connectivity index (χ0) is 32.9. The van der Waals surface area contributed by atoms with Crippen LogP contribution in [0.2, 0.25) is 0 Å². The highest BCUT2D eigenvalue weighted by molar-refractivity contribution is 5.92. The minimum absolute atomic E-state index is 0.0790. The molecule has 0 aliphatic heterocycles. The fourth-order valence-corrected chi connectivity index (χ4v) is 5.45. The van der Waals surface area contributed by atoms with Gasteiger partial charge in [-0.05, 0) is 77.4 Å². The Labute approximate surface area is 276 Å². The lowest BCUT2D eigenvalue weighted by Gasteiger charge is -2.37. The third-order valence-electron chi connectivity index (χ3n) is 7.80. The second-order valence-corrected chi connectivity index (χ2v) is 10.8. The first-order valence-electron chi connectivity index (χ1n) is 15.5. The molecule has 0 atom stereocenters. The van der Waals surface area contributed by atoms with Crippen molar-refractivity contribution in [3.8, 4) is 23.0 Å². The van der Waals surface area contributed by atoms with E-state index >= 15 is 0 Å². The Morgan fingerprint density at radius 1 is 0.638 bits per heavy atom. The summed E-state index contributed by atoms with van der Waals surface area (Å²) >= 11 is 0. The average Bonchev–Trinajstić information content (AvgIpc) is 3.12. The van der Waals surface area contributed by atoms with Crippen LogP contribution in [-0.2, 0) is 15.1 Å². The minimum atomic E-state index is -0.976. The van der Waals surface area contributed by atoms with Crippen LogP contribution in [0.25, 0.3) is 0 Å². The Balaban J connectivity index is 1.32. The van der Waals surface area contributed by atoms with Gasteiger partial charge in [0.15, 0.2) is 0 Å². The molecule has 47 heavy (non-hydrogen) atoms. The zero-order valence-corrected chi connectivity index (χ0v) is 26.7. The lowest BCUT2D eigenvalue weighted by Crippen LogP contribution is -2.40. The molecule has 242 valence electrons. The van der Waals surface area contributed by atoms with Gasteiger partial charge in [0, 0.05) is 18.8 Å². The van der Waals surface area contributed by atoms with Crippen molar-refractivity contribution in [1.82, 2.24) is 4.90 Å². The van der Waals surface area contributed by atoms with Crippen molar-refractivity contribution >= 4 is 11.6 Å². The van der Waals surface area contributed by atoms with Crippen LogP contribution < -0.4 is 19.5 Å². The van der Waals surface area contributed by atoms with Gasteiger partial charge in [0.05, 0.1) is 34.0 Å². The van der Waals surface area contributed by atoms with Crippen LogP contribution in [0, 0.1) is 0 Å². The number of aliphatic hydroxyl groups is 1. The van der Waals surface area contributed by atoms with Crippen molar-refractivity contribution in [3.63, 3.8) is 0 Å². The highest BCUT2D eigenvalue weighted by Crippen LogP contribution is 2.41. The number of nitrogens with zero attached hydrogens (tertiary/aromatic N) is 1. The van der Waals surface area contributed by atoms with Crippen molar-refractivity contribution in [2.45, 2.75) is 5.60 Å². The van der Waals surface area contributed by atoms with Crippen LogP contribution in [0.3, 0.4) is 0 Å². The third-order valence-corrected chi connectivity index (χ3v) is 7.80. The Morgan fingerprint density at radius 3 is 1.66 bits per heavy atom. The Morgan fingerprint density at radius 2 is 1.13 bits per heavy atom. The summed E-state index contributed by atoms with van der Waals surface area (Å²) in [5.74, 6) is 2.69. The molecule has 0 radical (unpaired) electrons. The first kappa shape index (κ1) is 33.2. The first-order valence-corrected chi connectivity index (χ1v) is 15.5. The Bertz CT molecular complexity index is 1610. The van der Waals surface area contributed by atoms with Crippen LogP contribution in [0.15, 0.2) is 133 Å². The van der Waals surface area contributed by atoms with Crippen LogP contribution in [0.1, 0.15) is 16.7 Å². The van der Waals surface area contributed by atoms with E-state index in [0.717, 1.165) is 33.9 Å². The lowest BCUT2D eigenvalue weighted by atomic mass is 9.80. The number of carbonyl (C=O) groups excluding carboxylic acids is 1. The summed E-state index contributed by atoms with van der Waals surface area (Å²) in [7, 11) is 3.28. The van der Waals surface area contributed by atoms with Gasteiger partial charge >= 0.3 is 0 Å². The van der Waals surface area contributed by atoms with E-state index in [-0.39, 0.29) is 25.7 Å². The molecule has 0 saturated heterocycles. The number of ether oxygens (including phenoxy) is 4. The minimum Gasteiger partial charge on any atom is -0.497 e. The molecule has 1 amide bonds. The molecule has 5 aromatic rings. The van der Waals surface area contributed by atoms with Crippen molar-refractivity contribution in [2.24, 2.45) is 0 Å². The molecule has 8 heteroatoms. The van der Waals surface area contributed by atoms with Crippen LogP contribution >= 0.6 is 0 Å². The van der Waals surface area contributed by atoms with Crippen LogP contribution in [-0.4, -0.2) is 63.0 Å². The van der Waals surface area contributed by atoms with Gasteiger partial charge in [-0.3, -0.25) is 9.69 Å². The SMILES string of the molecule is COc1ccc(C(OCCN(CCO)CC(=O)Nc2ccc(Oc3ccccc3)cc2)(c2ccccc2)c2ccc(OC)cc2)cc1. The summed E-state index contributed by atoms with van der Waals surface area (Å²) in [5, 5.41) is 12.8. The molecule has 0 saturated carbocycles. The van der Waals surface area contributed by atoms with E-state index in [9.17, 15) is 9.90 Å². The monoisotopic (exact) mass is 632 g/mol. The number of nitrogens with one attached hydrogen (secondary N) is 1. The second-order valence-electron chi connectivity index (χ2n) is 10.8. The van der Waals surface area contributed by atoms with Gasteiger partial charge in [0.1, 0.15) is 28.6 Å². The van der Waals surface area contributed by atoms with Gasteiger partial charge in [0.2, 0.25) is 5.91 Å². The smallest absolute Gasteiger partial charge is 0.238 e. The fraction of sp³-hybridized carbons (Fsp3) is 0.205. The number of hydrogen-bond donors (Lipinski definition) is 2. The average molecular weight is 633 g/mol. The Hall–Kier alpha value is -5.15. The number of benzene rings is 5. The molecule has 5 rings (SSSR count). The maximum atomic E-state index is 13.1. The van der Waals surface area contributed by atoms with Gasteiger partial charge in [-0.25, -0.2) is 0 Å². The van der Waals surface area contributed by atoms with E-state index < -0.39 is 5.60 Å². The predicted molar refractivity (Wildman–Crippen MR) is 183 cm³/mol. The molecule has 0 fully saturated rings. The van der Waals surface area contributed by atoms with E-state index in [0.29, 0.717) is 24.5 Å². The molecule has 0 aliphatic rings. The van der Waals surface area contributed by atoms with Crippen molar-refractivity contribution in [1.29, 1.82) is 0 Å². The summed E-state index contributed by atoms with van der Waals surface area (Å²) in [6.45, 7) is 0.962. The third kappa shape index (κ3) is 8.56. The number of carbonyl (C=O) groups is 1. The van der Waals surface area contributed by atoms with E-state index in [1.807, 2.05) is 126 Å². The summed E-state index contributed by atoms with van der Waals surface area (Å²) in [6.07, 6.45) is 0. The highest BCUT2D eigenvalue weighted by atomic mass is 16.5. The van der Waals surface area contributed by atoms with Crippen molar-refractivity contribution in [3.05, 3.63) is 150 Å². The van der Waals surface area contributed by atoms with Gasteiger partial charge in [0.25, 0.3) is 0 Å². The largest absolute Gasteiger partial charge is 0.497 e. The van der Waals surface area contributed by atoms with E-state index in [4.69, 9.17) is 18.9 Å². The molecule has 0 bridgehead atoms. The highest BCUT2D eigenvalue weighted by Gasteiger charge is 2.38. The summed E-state index contributed by atoms with van der Waals surface area (Å²) in [5.41, 5.74) is 2.46. The lowest BCUT2D eigenvalue weighted by molar-refractivity contribution is -0.117. The van der Waals surface area contributed by atoms with Crippen LogP contribution in [0.4, 0.5) is 5.69 Å². The fourth-order valence-electron chi connectivity index (χ4n) is 5.45. The maximum Gasteiger partial charge on any atom is 0.238 e. The molecule has 2 N–H and O–H groups in total. The zero-order valence-electron chi connectivity index (χ0n) is 26.7. The molecular formula is C39H40N2O6. The number of anilines is 1. The molecule has 0 spiro atoms. The number of methoxy groups -OCH3 is 2. The molecule has 8 nitrogen and oxygen atoms in total. The van der Waals surface area contributed by atoms with E-state index in [1.165, 1.54) is 0 Å². The van der Waals surface area contributed by atoms with Crippen LogP contribution in [0.5, 0.6) is 23.0 Å². The maximum absolute atomic E-state index is 13.1. The molecule has 5 aromatic carbocycles. The molecule has 0 aliphatic carbocycles. The quantitative estimate of drug-likeness (QED) is 0.117. The number of hydrogen-bond acceptors (Lipinski definition) is 7. The molecular weight excluding hydrogens is 592 g/mol. The predicted octanol–water partition coefficient (Wildman–Crippen LogP) is 6.74.